The fourth-order valence-corrected chi connectivity index (χ4v) is 4.33. The molecule has 0 saturated heterocycles. The third-order valence-electron chi connectivity index (χ3n) is 4.77. The monoisotopic (exact) mass is 487 g/mol. The maximum atomic E-state index is 13.9. The van der Waals surface area contributed by atoms with E-state index in [0.29, 0.717) is 12.3 Å². The molecule has 3 rings (SSSR count). The Bertz CT molecular complexity index is 1470. The maximum absolute atomic E-state index is 13.9. The second kappa shape index (κ2) is 8.17. The number of rotatable bonds is 5. The molecule has 14 heteroatoms. The first-order chi connectivity index (χ1) is 15.2. The Balaban J connectivity index is 2.48. The molecule has 2 aromatic heterocycles. The Morgan fingerprint density at radius 3 is 2.39 bits per heavy atom. The molecular weight excluding hydrogens is 467 g/mol. The molecule has 0 radical (unpaired) electrons. The van der Waals surface area contributed by atoms with Crippen molar-refractivity contribution in [2.24, 2.45) is 0 Å². The summed E-state index contributed by atoms with van der Waals surface area (Å²) in [6, 6.07) is 2.52. The molecule has 0 atom stereocenters. The molecule has 0 spiro atoms. The molecule has 10 nitrogen and oxygen atoms in total. The van der Waals surface area contributed by atoms with Crippen molar-refractivity contribution in [1.29, 1.82) is 0 Å². The average molecular weight is 487 g/mol. The van der Waals surface area contributed by atoms with E-state index in [4.69, 9.17) is 0 Å². The van der Waals surface area contributed by atoms with Crippen LogP contribution in [0.5, 0.6) is 0 Å². The molecule has 1 amide bonds. The quantitative estimate of drug-likeness (QED) is 0.586. The van der Waals surface area contributed by atoms with E-state index in [1.54, 1.807) is 13.8 Å². The predicted molar refractivity (Wildman–Crippen MR) is 114 cm³/mol. The summed E-state index contributed by atoms with van der Waals surface area (Å²) in [5.41, 5.74) is -4.59. The van der Waals surface area contributed by atoms with Crippen LogP contribution < -0.4 is 15.7 Å². The number of alkyl halides is 3. The summed E-state index contributed by atoms with van der Waals surface area (Å²) in [6.07, 6.45) is -3.28. The predicted octanol–water partition coefficient (Wildman–Crippen LogP) is 1.99. The number of fused-ring (bicyclic) bond motifs is 1. The van der Waals surface area contributed by atoms with Crippen LogP contribution in [-0.4, -0.2) is 40.0 Å². The number of hydrogen-bond acceptors (Lipinski definition) is 6. The van der Waals surface area contributed by atoms with Gasteiger partial charge in [0.2, 0.25) is 0 Å². The maximum Gasteiger partial charge on any atom is 0.417 e. The SMILES string of the molecule is CCC(=O)N(n1c(=O)[nH]c2cc(C(F)(F)F)c(-c3ccnn3C(C)C)cc2c1=O)S(C)(=O)=O. The molecule has 178 valence electrons. The van der Waals surface area contributed by atoms with Crippen LogP contribution in [0.25, 0.3) is 22.2 Å². The van der Waals surface area contributed by atoms with Crippen molar-refractivity contribution >= 4 is 26.8 Å². The minimum atomic E-state index is -4.85. The molecule has 0 aliphatic rings. The smallest absolute Gasteiger partial charge is 0.305 e. The number of halogens is 3. The van der Waals surface area contributed by atoms with Gasteiger partial charge in [0, 0.05) is 24.2 Å². The molecule has 0 aliphatic heterocycles. The molecule has 33 heavy (non-hydrogen) atoms. The molecule has 0 unspecified atom stereocenters. The molecule has 2 heterocycles. The first-order valence-corrected chi connectivity index (χ1v) is 11.5. The number of sulfonamides is 1. The zero-order valence-electron chi connectivity index (χ0n) is 18.0. The van der Waals surface area contributed by atoms with E-state index in [1.165, 1.54) is 23.9 Å². The number of carbonyl (C=O) groups excluding carboxylic acids is 1. The zero-order valence-corrected chi connectivity index (χ0v) is 18.8. The third kappa shape index (κ3) is 4.29. The Morgan fingerprint density at radius 1 is 1.24 bits per heavy atom. The third-order valence-corrected chi connectivity index (χ3v) is 5.76. The number of nitrogens with zero attached hydrogens (tertiary/aromatic N) is 4. The Labute approximate surface area is 185 Å². The van der Waals surface area contributed by atoms with Crippen molar-refractivity contribution in [2.75, 3.05) is 10.7 Å². The first-order valence-electron chi connectivity index (χ1n) is 9.66. The fraction of sp³-hybridized carbons (Fsp3) is 0.368. The van der Waals surface area contributed by atoms with Gasteiger partial charge in [0.05, 0.1) is 28.4 Å². The van der Waals surface area contributed by atoms with Crippen molar-refractivity contribution in [3.05, 3.63) is 50.8 Å². The van der Waals surface area contributed by atoms with E-state index in [2.05, 4.69) is 10.1 Å². The summed E-state index contributed by atoms with van der Waals surface area (Å²) in [5.74, 6) is -1.07. The molecular formula is C19H20F3N5O5S. The number of carbonyl (C=O) groups is 1. The van der Waals surface area contributed by atoms with Crippen LogP contribution in [0, 0.1) is 0 Å². The summed E-state index contributed by atoms with van der Waals surface area (Å²) >= 11 is 0. The first kappa shape index (κ1) is 24.2. The summed E-state index contributed by atoms with van der Waals surface area (Å²) in [4.78, 5) is 40.0. The van der Waals surface area contributed by atoms with Gasteiger partial charge in [-0.1, -0.05) is 6.92 Å². The number of hydrogen-bond donors (Lipinski definition) is 1. The normalized spacial score (nSPS) is 12.5. The number of aromatic nitrogens is 4. The van der Waals surface area contributed by atoms with Crippen molar-refractivity contribution in [2.45, 2.75) is 39.4 Å². The molecule has 0 aliphatic carbocycles. The van der Waals surface area contributed by atoms with Gasteiger partial charge in [-0.25, -0.2) is 13.2 Å². The van der Waals surface area contributed by atoms with Crippen LogP contribution in [0.3, 0.4) is 0 Å². The van der Waals surface area contributed by atoms with Crippen LogP contribution >= 0.6 is 0 Å². The lowest BCUT2D eigenvalue weighted by Crippen LogP contribution is -2.55. The highest BCUT2D eigenvalue weighted by atomic mass is 32.2. The van der Waals surface area contributed by atoms with Crippen molar-refractivity contribution in [3.8, 4) is 11.3 Å². The van der Waals surface area contributed by atoms with Gasteiger partial charge in [-0.05, 0) is 32.0 Å². The largest absolute Gasteiger partial charge is 0.417 e. The lowest BCUT2D eigenvalue weighted by Gasteiger charge is -2.21. The van der Waals surface area contributed by atoms with Crippen LogP contribution in [0.4, 0.5) is 13.2 Å². The fourth-order valence-electron chi connectivity index (χ4n) is 3.39. The van der Waals surface area contributed by atoms with E-state index in [9.17, 15) is 36.0 Å². The number of aromatic amines is 1. The number of benzene rings is 1. The summed E-state index contributed by atoms with van der Waals surface area (Å²) in [6.45, 7) is 4.73. The highest BCUT2D eigenvalue weighted by Gasteiger charge is 2.36. The van der Waals surface area contributed by atoms with E-state index in [-0.39, 0.29) is 27.2 Å². The second-order valence-electron chi connectivity index (χ2n) is 7.50. The topological polar surface area (TPSA) is 127 Å². The van der Waals surface area contributed by atoms with E-state index in [0.717, 1.165) is 6.07 Å². The average Bonchev–Trinajstić information content (AvgIpc) is 3.18. The van der Waals surface area contributed by atoms with Crippen molar-refractivity contribution in [1.82, 2.24) is 19.4 Å². The van der Waals surface area contributed by atoms with Gasteiger partial charge in [0.1, 0.15) is 0 Å². The zero-order chi connectivity index (χ0) is 24.9. The Kier molecular flexibility index (Phi) is 6.00. The molecule has 0 bridgehead atoms. The highest BCUT2D eigenvalue weighted by Crippen LogP contribution is 2.39. The molecule has 0 saturated carbocycles. The lowest BCUT2D eigenvalue weighted by molar-refractivity contribution is -0.137. The van der Waals surface area contributed by atoms with Crippen LogP contribution in [0.2, 0.25) is 0 Å². The van der Waals surface area contributed by atoms with Crippen molar-refractivity contribution in [3.63, 3.8) is 0 Å². The van der Waals surface area contributed by atoms with Crippen molar-refractivity contribution < 1.29 is 26.4 Å². The van der Waals surface area contributed by atoms with Gasteiger partial charge in [-0.15, -0.1) is 9.09 Å². The number of H-pyrrole nitrogens is 1. The van der Waals surface area contributed by atoms with Gasteiger partial charge >= 0.3 is 11.9 Å². The second-order valence-corrected chi connectivity index (χ2v) is 9.31. The Hall–Kier alpha value is -3.42. The van der Waals surface area contributed by atoms with E-state index < -0.39 is 55.4 Å². The lowest BCUT2D eigenvalue weighted by atomic mass is 10.0. The van der Waals surface area contributed by atoms with Crippen LogP contribution in [-0.2, 0) is 21.0 Å². The summed E-state index contributed by atoms with van der Waals surface area (Å²) in [7, 11) is -4.41. The summed E-state index contributed by atoms with van der Waals surface area (Å²) in [5, 5.41) is 3.60. The van der Waals surface area contributed by atoms with Crippen LogP contribution in [0.1, 0.15) is 38.8 Å². The molecule has 3 aromatic rings. The highest BCUT2D eigenvalue weighted by molar-refractivity contribution is 7.92. The van der Waals surface area contributed by atoms with Gasteiger partial charge in [-0.3, -0.25) is 14.3 Å². The standard InChI is InChI=1S/C19H20F3N5O5S/c1-5-16(28)27(33(4,31)32)26-17(29)12-8-11(15-6-7-23-25(15)10(2)3)13(19(20,21)22)9-14(12)24-18(26)30/h6-10H,5H2,1-4H3,(H,24,30). The summed E-state index contributed by atoms with van der Waals surface area (Å²) < 4.78 is 67.4. The van der Waals surface area contributed by atoms with Gasteiger partial charge in [0.25, 0.3) is 21.5 Å². The van der Waals surface area contributed by atoms with Gasteiger partial charge < -0.3 is 4.98 Å². The minimum Gasteiger partial charge on any atom is -0.305 e. The van der Waals surface area contributed by atoms with Crippen LogP contribution in [0.15, 0.2) is 34.0 Å². The molecule has 1 aromatic carbocycles. The number of amides is 1. The minimum absolute atomic E-state index is 0.00329. The van der Waals surface area contributed by atoms with Gasteiger partial charge in [-0.2, -0.15) is 18.3 Å². The molecule has 1 N–H and O–H groups in total. The number of nitrogens with one attached hydrogen (secondary N) is 1. The van der Waals surface area contributed by atoms with E-state index in [1.807, 2.05) is 0 Å². The molecule has 0 fully saturated rings. The Morgan fingerprint density at radius 2 is 1.88 bits per heavy atom. The van der Waals surface area contributed by atoms with E-state index >= 15 is 0 Å². The van der Waals surface area contributed by atoms with Gasteiger partial charge in [0.15, 0.2) is 0 Å².